The molecule has 0 amide bonds. The summed E-state index contributed by atoms with van der Waals surface area (Å²) < 4.78 is 38.4. The van der Waals surface area contributed by atoms with E-state index in [0.29, 0.717) is 11.5 Å². The fraction of sp³-hybridized carbons (Fsp3) is 0.143. The Morgan fingerprint density at radius 1 is 0.972 bits per heavy atom. The number of carbonyl (C=O) groups is 1. The molecular weight excluding hydrogens is 485 g/mol. The normalized spacial score (nSPS) is 13.3. The van der Waals surface area contributed by atoms with Gasteiger partial charge in [0.2, 0.25) is 12.3 Å². The highest BCUT2D eigenvalue weighted by Gasteiger charge is 2.30. The quantitative estimate of drug-likeness (QED) is 0.163. The molecule has 8 heteroatoms. The Morgan fingerprint density at radius 2 is 1.75 bits per heavy atom. The van der Waals surface area contributed by atoms with Crippen LogP contribution in [0.15, 0.2) is 60.8 Å². The van der Waals surface area contributed by atoms with Gasteiger partial charge in [-0.25, -0.2) is 9.18 Å². The number of fused-ring (bicyclic) bond motifs is 4. The summed E-state index contributed by atoms with van der Waals surface area (Å²) in [6.45, 7) is 0.993. The largest absolute Gasteiger partial charge is 1.00 e. The minimum atomic E-state index is -0.581. The Balaban J connectivity index is 0.00000240. The summed E-state index contributed by atoms with van der Waals surface area (Å²) in [5.41, 5.74) is 2.59. The maximum atomic E-state index is 13.3. The van der Waals surface area contributed by atoms with Gasteiger partial charge in [0.15, 0.2) is 35.7 Å². The van der Waals surface area contributed by atoms with Gasteiger partial charge in [0, 0.05) is 17.2 Å². The van der Waals surface area contributed by atoms with Crippen molar-refractivity contribution in [2.45, 2.75) is 13.0 Å². The van der Waals surface area contributed by atoms with Gasteiger partial charge in [-0.15, -0.1) is 0 Å². The molecule has 5 aromatic rings. The molecule has 180 valence electrons. The van der Waals surface area contributed by atoms with E-state index in [9.17, 15) is 9.18 Å². The molecular formula is C28H19ClFNO5. The molecule has 2 aliphatic rings. The number of aryl methyl sites for hydroxylation is 2. The van der Waals surface area contributed by atoms with Crippen LogP contribution in [-0.2, 0) is 13.0 Å². The maximum Gasteiger partial charge on any atom is 0.343 e. The Hall–Kier alpha value is -4.10. The van der Waals surface area contributed by atoms with Crippen LogP contribution in [-0.4, -0.2) is 19.9 Å². The van der Waals surface area contributed by atoms with Crippen LogP contribution in [0.25, 0.3) is 32.4 Å². The van der Waals surface area contributed by atoms with E-state index in [0.717, 1.165) is 56.9 Å². The molecule has 0 saturated carbocycles. The first-order valence-corrected chi connectivity index (χ1v) is 11.3. The van der Waals surface area contributed by atoms with Gasteiger partial charge in [-0.3, -0.25) is 0 Å². The summed E-state index contributed by atoms with van der Waals surface area (Å²) in [7, 11) is 1.54. The molecule has 0 N–H and O–H groups in total. The number of rotatable bonds is 3. The molecule has 1 aromatic heterocycles. The Labute approximate surface area is 211 Å². The van der Waals surface area contributed by atoms with Crippen molar-refractivity contribution >= 4 is 38.4 Å². The summed E-state index contributed by atoms with van der Waals surface area (Å²) in [6.07, 6.45) is 2.85. The summed E-state index contributed by atoms with van der Waals surface area (Å²) in [4.78, 5) is 12.9. The molecule has 0 spiro atoms. The van der Waals surface area contributed by atoms with Gasteiger partial charge >= 0.3 is 5.97 Å². The maximum absolute atomic E-state index is 13.3. The number of nitrogens with zero attached hydrogens (tertiary/aromatic N) is 1. The predicted octanol–water partition coefficient (Wildman–Crippen LogP) is 2.09. The Kier molecular flexibility index (Phi) is 5.12. The van der Waals surface area contributed by atoms with Crippen molar-refractivity contribution in [3.8, 4) is 23.0 Å². The zero-order valence-corrected chi connectivity index (χ0v) is 19.9. The highest BCUT2D eigenvalue weighted by Crippen LogP contribution is 2.46. The average Bonchev–Trinajstić information content (AvgIpc) is 3.36. The number of aromatic nitrogens is 1. The van der Waals surface area contributed by atoms with Crippen molar-refractivity contribution in [3.05, 3.63) is 77.7 Å². The van der Waals surface area contributed by atoms with Gasteiger partial charge in [-0.1, -0.05) is 0 Å². The Morgan fingerprint density at radius 3 is 2.56 bits per heavy atom. The van der Waals surface area contributed by atoms with Crippen LogP contribution in [0.3, 0.4) is 0 Å². The number of esters is 1. The minimum Gasteiger partial charge on any atom is -1.00 e. The molecule has 7 rings (SSSR count). The number of methoxy groups -OCH3 is 1. The lowest BCUT2D eigenvalue weighted by Crippen LogP contribution is -3.00. The fourth-order valence-electron chi connectivity index (χ4n) is 5.24. The number of hydrogen-bond acceptors (Lipinski definition) is 5. The lowest BCUT2D eigenvalue weighted by atomic mass is 9.93. The standard InChI is InChI=1S/C28H19FNO5.ClH/c1-32-22-9-8-18-19-6-7-20-24-16(12-23-26(20)34-14-33-23)10-11-30(25(19)24)13-21(18)27(22)35-28(31)15-2-4-17(29)5-3-15;/h2-9,12-13H,10-11,14H2,1H3;1H/q+1;/p-1. The first kappa shape index (κ1) is 22.4. The van der Waals surface area contributed by atoms with E-state index in [2.05, 4.69) is 22.8 Å². The summed E-state index contributed by atoms with van der Waals surface area (Å²) >= 11 is 0. The Bertz CT molecular complexity index is 1720. The van der Waals surface area contributed by atoms with E-state index in [1.165, 1.54) is 36.9 Å². The smallest absolute Gasteiger partial charge is 0.343 e. The van der Waals surface area contributed by atoms with Gasteiger partial charge in [0.1, 0.15) is 5.82 Å². The zero-order valence-electron chi connectivity index (χ0n) is 19.1. The van der Waals surface area contributed by atoms with Crippen molar-refractivity contribution in [3.63, 3.8) is 0 Å². The molecule has 3 heterocycles. The second-order valence-corrected chi connectivity index (χ2v) is 8.68. The lowest BCUT2D eigenvalue weighted by Gasteiger charge is -2.18. The molecule has 0 aliphatic carbocycles. The number of hydrogen-bond donors (Lipinski definition) is 0. The molecule has 4 aromatic carbocycles. The molecule has 0 radical (unpaired) electrons. The van der Waals surface area contributed by atoms with Crippen LogP contribution < -0.4 is 35.9 Å². The van der Waals surface area contributed by atoms with Gasteiger partial charge in [0.25, 0.3) is 0 Å². The number of carbonyl (C=O) groups excluding carboxylic acids is 1. The van der Waals surface area contributed by atoms with Crippen molar-refractivity contribution < 1.29 is 45.1 Å². The van der Waals surface area contributed by atoms with Crippen molar-refractivity contribution in [2.24, 2.45) is 0 Å². The predicted molar refractivity (Wildman–Crippen MR) is 127 cm³/mol. The van der Waals surface area contributed by atoms with E-state index >= 15 is 0 Å². The topological polar surface area (TPSA) is 57.9 Å². The first-order chi connectivity index (χ1) is 17.1. The second kappa shape index (κ2) is 8.24. The number of pyridine rings is 1. The number of benzene rings is 4. The molecule has 0 bridgehead atoms. The van der Waals surface area contributed by atoms with Crippen molar-refractivity contribution in [1.29, 1.82) is 0 Å². The van der Waals surface area contributed by atoms with E-state index in [1.54, 1.807) is 6.07 Å². The monoisotopic (exact) mass is 503 g/mol. The molecule has 0 unspecified atom stereocenters. The first-order valence-electron chi connectivity index (χ1n) is 11.3. The minimum absolute atomic E-state index is 0. The highest BCUT2D eigenvalue weighted by molar-refractivity contribution is 6.17. The summed E-state index contributed by atoms with van der Waals surface area (Å²) in [5.74, 6) is 1.36. The molecule has 0 fully saturated rings. The second-order valence-electron chi connectivity index (χ2n) is 8.68. The van der Waals surface area contributed by atoms with Crippen molar-refractivity contribution in [2.75, 3.05) is 13.9 Å². The summed E-state index contributed by atoms with van der Waals surface area (Å²) in [6, 6.07) is 15.3. The van der Waals surface area contributed by atoms with Gasteiger partial charge in [-0.2, -0.15) is 4.57 Å². The fourth-order valence-corrected chi connectivity index (χ4v) is 5.24. The summed E-state index contributed by atoms with van der Waals surface area (Å²) in [5, 5.41) is 4.92. The van der Waals surface area contributed by atoms with Crippen LogP contribution in [0.4, 0.5) is 4.39 Å². The molecule has 2 aliphatic heterocycles. The van der Waals surface area contributed by atoms with Crippen LogP contribution in [0.2, 0.25) is 0 Å². The van der Waals surface area contributed by atoms with E-state index < -0.39 is 11.8 Å². The third-order valence-electron chi connectivity index (χ3n) is 6.83. The van der Waals surface area contributed by atoms with Gasteiger partial charge in [-0.05, 0) is 60.2 Å². The zero-order chi connectivity index (χ0) is 23.7. The molecule has 0 saturated heterocycles. The van der Waals surface area contributed by atoms with Crippen LogP contribution in [0.5, 0.6) is 23.0 Å². The number of halogens is 2. The third kappa shape index (κ3) is 3.16. The highest BCUT2D eigenvalue weighted by atomic mass is 35.5. The molecule has 6 nitrogen and oxygen atoms in total. The third-order valence-corrected chi connectivity index (χ3v) is 6.83. The van der Waals surface area contributed by atoms with Crippen LogP contribution in [0, 0.1) is 5.82 Å². The van der Waals surface area contributed by atoms with Gasteiger partial charge in [0.05, 0.1) is 28.8 Å². The average molecular weight is 504 g/mol. The lowest BCUT2D eigenvalue weighted by molar-refractivity contribution is -0.670. The molecule has 0 atom stereocenters. The SMILES string of the molecule is COc1ccc2c(c[n+]3c4c2ccc2c5c(cc(c24)CC3)OCO5)c1OC(=O)c1ccc(F)cc1.[Cl-]. The number of ether oxygens (including phenoxy) is 4. The van der Waals surface area contributed by atoms with E-state index in [1.807, 2.05) is 12.3 Å². The van der Waals surface area contributed by atoms with E-state index in [4.69, 9.17) is 18.9 Å². The van der Waals surface area contributed by atoms with E-state index in [-0.39, 0.29) is 24.8 Å². The van der Waals surface area contributed by atoms with Crippen LogP contribution >= 0.6 is 0 Å². The molecule has 36 heavy (non-hydrogen) atoms. The van der Waals surface area contributed by atoms with Crippen LogP contribution in [0.1, 0.15) is 15.9 Å². The van der Waals surface area contributed by atoms with Gasteiger partial charge < -0.3 is 31.4 Å². The van der Waals surface area contributed by atoms with Crippen molar-refractivity contribution in [1.82, 2.24) is 0 Å².